The van der Waals surface area contributed by atoms with Gasteiger partial charge in [0.2, 0.25) is 11.8 Å². The van der Waals surface area contributed by atoms with Crippen molar-refractivity contribution in [2.24, 2.45) is 17.8 Å². The van der Waals surface area contributed by atoms with E-state index >= 15 is 0 Å². The Balaban J connectivity index is 1.73. The van der Waals surface area contributed by atoms with Crippen molar-refractivity contribution >= 4 is 17.8 Å². The van der Waals surface area contributed by atoms with Crippen LogP contribution in [0.5, 0.6) is 0 Å². The Morgan fingerprint density at radius 2 is 1.95 bits per heavy atom. The minimum atomic E-state index is -1.08. The number of carbonyl (C=O) groups excluding carboxylic acids is 3. The summed E-state index contributed by atoms with van der Waals surface area (Å²) in [6.07, 6.45) is 10.3. The molecule has 1 saturated carbocycles. The van der Waals surface area contributed by atoms with Crippen molar-refractivity contribution in [1.82, 2.24) is 9.80 Å². The fourth-order valence-corrected chi connectivity index (χ4v) is 7.30. The molecule has 8 heteroatoms. The minimum Gasteiger partial charge on any atom is -0.465 e. The first-order valence-electron chi connectivity index (χ1n) is 14.1. The topological polar surface area (TPSA) is 96.4 Å². The van der Waals surface area contributed by atoms with Gasteiger partial charge in [-0.1, -0.05) is 45.3 Å². The van der Waals surface area contributed by atoms with Gasteiger partial charge in [-0.15, -0.1) is 13.2 Å². The predicted molar refractivity (Wildman–Crippen MR) is 139 cm³/mol. The normalized spacial score (nSPS) is 31.9. The fourth-order valence-electron chi connectivity index (χ4n) is 7.30. The average Bonchev–Trinajstić information content (AvgIpc) is 3.53. The molecule has 0 radical (unpaired) electrons. The van der Waals surface area contributed by atoms with Crippen molar-refractivity contribution in [3.63, 3.8) is 0 Å². The average molecular weight is 517 g/mol. The zero-order valence-corrected chi connectivity index (χ0v) is 22.5. The zero-order chi connectivity index (χ0) is 26.7. The molecule has 8 nitrogen and oxygen atoms in total. The summed E-state index contributed by atoms with van der Waals surface area (Å²) in [5, 5.41) is 10.4. The summed E-state index contributed by atoms with van der Waals surface area (Å²) in [6.45, 7) is 12.0. The van der Waals surface area contributed by atoms with E-state index in [1.807, 2.05) is 18.7 Å². The van der Waals surface area contributed by atoms with E-state index in [1.165, 1.54) is 0 Å². The molecule has 1 aliphatic carbocycles. The van der Waals surface area contributed by atoms with Crippen molar-refractivity contribution in [3.8, 4) is 0 Å². The lowest BCUT2D eigenvalue weighted by atomic mass is 9.70. The van der Waals surface area contributed by atoms with E-state index in [9.17, 15) is 19.5 Å². The summed E-state index contributed by atoms with van der Waals surface area (Å²) in [7, 11) is 0. The van der Waals surface area contributed by atoms with Gasteiger partial charge >= 0.3 is 5.97 Å². The maximum Gasteiger partial charge on any atom is 0.312 e. The van der Waals surface area contributed by atoms with Gasteiger partial charge < -0.3 is 24.4 Å². The third kappa shape index (κ3) is 4.99. The molecule has 1 N–H and O–H groups in total. The smallest absolute Gasteiger partial charge is 0.312 e. The van der Waals surface area contributed by atoms with Crippen LogP contribution in [0.2, 0.25) is 0 Å². The first kappa shape index (κ1) is 27.8. The minimum absolute atomic E-state index is 0.0857. The van der Waals surface area contributed by atoms with Crippen LogP contribution >= 0.6 is 0 Å². The third-order valence-corrected chi connectivity index (χ3v) is 8.78. The van der Waals surface area contributed by atoms with Crippen LogP contribution < -0.4 is 0 Å². The molecular weight excluding hydrogens is 472 g/mol. The molecule has 0 aromatic heterocycles. The molecular formula is C29H44N2O6. The lowest BCUT2D eigenvalue weighted by Gasteiger charge is -2.42. The van der Waals surface area contributed by atoms with Crippen molar-refractivity contribution in [2.45, 2.75) is 101 Å². The van der Waals surface area contributed by atoms with Crippen LogP contribution in [0.4, 0.5) is 0 Å². The number of rotatable bonds is 12. The Kier molecular flexibility index (Phi) is 8.79. The Morgan fingerprint density at radius 1 is 1.22 bits per heavy atom. The molecule has 2 unspecified atom stereocenters. The number of amides is 2. The quantitative estimate of drug-likeness (QED) is 0.243. The van der Waals surface area contributed by atoms with Gasteiger partial charge in [-0.25, -0.2) is 0 Å². The number of likely N-dealkylation sites (tertiary alicyclic amines) is 1. The predicted octanol–water partition coefficient (Wildman–Crippen LogP) is 3.23. The molecule has 4 fully saturated rings. The van der Waals surface area contributed by atoms with Crippen LogP contribution in [0, 0.1) is 17.8 Å². The van der Waals surface area contributed by atoms with Gasteiger partial charge in [0.15, 0.2) is 0 Å². The number of hydrogen-bond acceptors (Lipinski definition) is 6. The standard InChI is InChI=1S/C29H44N2O6/c1-5-7-16-36-28(35)23-22-13-14-29(37-22)24(23)26(33)31(21(18-32)17-19(3)4)25(29)27(34)30(15-6-2)20-11-9-8-10-12-20/h5-6,19-25,32H,1-2,7-18H2,3-4H3/t21-,22+,23-,24+,25?,29?/m1/s1. The van der Waals surface area contributed by atoms with Gasteiger partial charge in [-0.05, 0) is 44.4 Å². The highest BCUT2D eigenvalue weighted by atomic mass is 16.6. The van der Waals surface area contributed by atoms with E-state index in [0.717, 1.165) is 32.1 Å². The van der Waals surface area contributed by atoms with Gasteiger partial charge in [0.25, 0.3) is 0 Å². The molecule has 4 aliphatic rings. The number of ether oxygens (including phenoxy) is 2. The van der Waals surface area contributed by atoms with Gasteiger partial charge in [-0.3, -0.25) is 14.4 Å². The Hall–Kier alpha value is -2.19. The van der Waals surface area contributed by atoms with Crippen molar-refractivity contribution in [3.05, 3.63) is 25.3 Å². The van der Waals surface area contributed by atoms with Gasteiger partial charge in [0.1, 0.15) is 11.6 Å². The molecule has 2 amide bonds. The van der Waals surface area contributed by atoms with Crippen LogP contribution in [0.25, 0.3) is 0 Å². The van der Waals surface area contributed by atoms with Gasteiger partial charge in [0, 0.05) is 12.6 Å². The number of carbonyl (C=O) groups is 3. The third-order valence-electron chi connectivity index (χ3n) is 8.78. The van der Waals surface area contributed by atoms with Crippen LogP contribution in [-0.4, -0.2) is 82.3 Å². The van der Waals surface area contributed by atoms with Crippen molar-refractivity contribution in [2.75, 3.05) is 19.8 Å². The molecule has 1 spiro atoms. The van der Waals surface area contributed by atoms with Crippen LogP contribution in [-0.2, 0) is 23.9 Å². The maximum absolute atomic E-state index is 14.5. The zero-order valence-electron chi connectivity index (χ0n) is 22.5. The SMILES string of the molecule is C=CCCOC(=O)[C@@H]1[C@@H]2CCC3(O2)C(C(=O)N(CC=C)C2CCCCC2)N([C@@H](CO)CC(C)C)C(=O)[C@H]13. The summed E-state index contributed by atoms with van der Waals surface area (Å²) in [5.74, 6) is -2.18. The van der Waals surface area contributed by atoms with Crippen LogP contribution in [0.3, 0.4) is 0 Å². The molecule has 37 heavy (non-hydrogen) atoms. The molecule has 4 rings (SSSR count). The fraction of sp³-hybridized carbons (Fsp3) is 0.759. The molecule has 0 aromatic rings. The maximum atomic E-state index is 14.5. The summed E-state index contributed by atoms with van der Waals surface area (Å²) < 4.78 is 12.1. The van der Waals surface area contributed by atoms with Crippen LogP contribution in [0.1, 0.15) is 71.6 Å². The number of fused-ring (bicyclic) bond motifs is 1. The highest BCUT2D eigenvalue weighted by Crippen LogP contribution is 2.59. The number of esters is 1. The van der Waals surface area contributed by atoms with Crippen LogP contribution in [0.15, 0.2) is 25.3 Å². The Bertz CT molecular complexity index is 884. The number of aliphatic hydroxyl groups is 1. The van der Waals surface area contributed by atoms with Crippen molar-refractivity contribution < 1.29 is 29.0 Å². The molecule has 6 atom stereocenters. The molecule has 0 aromatic carbocycles. The molecule has 3 aliphatic heterocycles. The summed E-state index contributed by atoms with van der Waals surface area (Å²) >= 11 is 0. The van der Waals surface area contributed by atoms with E-state index in [4.69, 9.17) is 9.47 Å². The summed E-state index contributed by atoms with van der Waals surface area (Å²) in [4.78, 5) is 45.4. The Labute approximate surface area is 221 Å². The van der Waals surface area contributed by atoms with E-state index < -0.39 is 41.6 Å². The number of nitrogens with zero attached hydrogens (tertiary/aromatic N) is 2. The second-order valence-electron chi connectivity index (χ2n) is 11.6. The second-order valence-corrected chi connectivity index (χ2v) is 11.6. The monoisotopic (exact) mass is 516 g/mol. The van der Waals surface area contributed by atoms with Gasteiger partial charge in [0.05, 0.1) is 37.2 Å². The Morgan fingerprint density at radius 3 is 2.57 bits per heavy atom. The second kappa shape index (κ2) is 11.7. The van der Waals surface area contributed by atoms with E-state index in [1.54, 1.807) is 17.1 Å². The number of aliphatic hydroxyl groups excluding tert-OH is 1. The van der Waals surface area contributed by atoms with E-state index in [0.29, 0.717) is 32.2 Å². The molecule has 2 bridgehead atoms. The molecule has 206 valence electrons. The first-order chi connectivity index (χ1) is 17.8. The van der Waals surface area contributed by atoms with E-state index in [-0.39, 0.29) is 37.0 Å². The number of hydrogen-bond donors (Lipinski definition) is 1. The van der Waals surface area contributed by atoms with E-state index in [2.05, 4.69) is 13.2 Å². The first-order valence-corrected chi connectivity index (χ1v) is 14.1. The highest BCUT2D eigenvalue weighted by molar-refractivity contribution is 5.98. The largest absolute Gasteiger partial charge is 0.465 e. The lowest BCUT2D eigenvalue weighted by molar-refractivity contribution is -0.157. The van der Waals surface area contributed by atoms with Crippen molar-refractivity contribution in [1.29, 1.82) is 0 Å². The summed E-state index contributed by atoms with van der Waals surface area (Å²) in [6, 6.07) is -1.32. The molecule has 3 heterocycles. The highest BCUT2D eigenvalue weighted by Gasteiger charge is 2.75. The molecule has 3 saturated heterocycles. The summed E-state index contributed by atoms with van der Waals surface area (Å²) in [5.41, 5.74) is -1.08. The lowest BCUT2D eigenvalue weighted by Crippen LogP contribution is -2.60. The van der Waals surface area contributed by atoms with Gasteiger partial charge in [-0.2, -0.15) is 0 Å².